The average Bonchev–Trinajstić information content (AvgIpc) is 2.29. The summed E-state index contributed by atoms with van der Waals surface area (Å²) < 4.78 is 0. The van der Waals surface area contributed by atoms with Crippen molar-refractivity contribution in [3.05, 3.63) is 29.8 Å². The molecule has 78 valence electrons. The Kier molecular flexibility index (Phi) is 4.80. The molecule has 0 aromatic heterocycles. The van der Waals surface area contributed by atoms with E-state index in [4.69, 9.17) is 10.4 Å². The van der Waals surface area contributed by atoms with Gasteiger partial charge in [0.1, 0.15) is 6.61 Å². The molecule has 0 radical (unpaired) electrons. The van der Waals surface area contributed by atoms with Gasteiger partial charge in [-0.15, -0.1) is 0 Å². The Morgan fingerprint density at radius 3 is 2.93 bits per heavy atom. The van der Waals surface area contributed by atoms with Gasteiger partial charge in [-0.2, -0.15) is 5.26 Å². The zero-order chi connectivity index (χ0) is 11.1. The minimum absolute atomic E-state index is 0.0188. The number of rotatable bonds is 5. The highest BCUT2D eigenvalue weighted by Crippen LogP contribution is 1.95. The highest BCUT2D eigenvalue weighted by Gasteiger charge is 2.17. The Balaban J connectivity index is 2.57. The zero-order valence-electron chi connectivity index (χ0n) is 7.96. The smallest absolute Gasteiger partial charge is 0.422 e. The van der Waals surface area contributed by atoms with Crippen LogP contribution in [-0.2, 0) is 9.69 Å². The van der Waals surface area contributed by atoms with Gasteiger partial charge in [0.25, 0.3) is 0 Å². The number of hydrogen-bond donors (Lipinski definition) is 2. The van der Waals surface area contributed by atoms with Gasteiger partial charge in [-0.05, 0) is 17.6 Å². The van der Waals surface area contributed by atoms with Crippen molar-refractivity contribution >= 4 is 12.6 Å². The third-order valence-electron chi connectivity index (χ3n) is 1.63. The molecule has 1 aromatic carbocycles. The van der Waals surface area contributed by atoms with Crippen molar-refractivity contribution in [2.24, 2.45) is 0 Å². The van der Waals surface area contributed by atoms with Crippen molar-refractivity contribution in [1.82, 2.24) is 0 Å². The van der Waals surface area contributed by atoms with E-state index in [0.717, 1.165) is 0 Å². The van der Waals surface area contributed by atoms with E-state index in [0.29, 0.717) is 11.0 Å². The summed E-state index contributed by atoms with van der Waals surface area (Å²) in [4.78, 5) is 9.04. The van der Waals surface area contributed by atoms with Crippen LogP contribution in [0.15, 0.2) is 24.3 Å². The first kappa shape index (κ1) is 11.7. The Labute approximate surface area is 87.6 Å². The molecule has 0 aliphatic heterocycles. The zero-order valence-corrected chi connectivity index (χ0v) is 7.96. The molecule has 0 bridgehead atoms. The molecule has 0 aliphatic carbocycles. The highest BCUT2D eigenvalue weighted by molar-refractivity contribution is 6.59. The van der Waals surface area contributed by atoms with Crippen molar-refractivity contribution in [2.45, 2.75) is 0 Å². The van der Waals surface area contributed by atoms with Gasteiger partial charge in [0.15, 0.2) is 0 Å². The first-order valence-corrected chi connectivity index (χ1v) is 4.35. The summed E-state index contributed by atoms with van der Waals surface area (Å²) in [5.41, 5.74) is 0.851. The standard InChI is InChI=1S/C9H10BNO4/c11-7-8-2-1-3-9(6-8)10(13)15-14-5-4-12/h1-3,6,12-13H,4-5H2. The van der Waals surface area contributed by atoms with Crippen molar-refractivity contribution in [3.63, 3.8) is 0 Å². The van der Waals surface area contributed by atoms with E-state index in [2.05, 4.69) is 9.69 Å². The Hall–Kier alpha value is -1.39. The molecule has 0 aliphatic rings. The fourth-order valence-electron chi connectivity index (χ4n) is 0.967. The number of benzene rings is 1. The first-order valence-electron chi connectivity index (χ1n) is 4.35. The van der Waals surface area contributed by atoms with E-state index < -0.39 is 7.12 Å². The van der Waals surface area contributed by atoms with Gasteiger partial charge < -0.3 is 10.1 Å². The van der Waals surface area contributed by atoms with Crippen LogP contribution in [0.25, 0.3) is 0 Å². The van der Waals surface area contributed by atoms with E-state index in [-0.39, 0.29) is 13.2 Å². The van der Waals surface area contributed by atoms with Gasteiger partial charge in [-0.1, -0.05) is 12.1 Å². The summed E-state index contributed by atoms with van der Waals surface area (Å²) in [6.07, 6.45) is 0. The molecule has 0 saturated carbocycles. The second-order valence-corrected chi connectivity index (χ2v) is 2.73. The fourth-order valence-corrected chi connectivity index (χ4v) is 0.967. The summed E-state index contributed by atoms with van der Waals surface area (Å²) in [6, 6.07) is 8.29. The predicted octanol–water partition coefficient (Wildman–Crippen LogP) is -0.814. The molecule has 0 saturated heterocycles. The van der Waals surface area contributed by atoms with Crippen LogP contribution < -0.4 is 5.46 Å². The van der Waals surface area contributed by atoms with Crippen molar-refractivity contribution in [1.29, 1.82) is 5.26 Å². The van der Waals surface area contributed by atoms with E-state index in [9.17, 15) is 5.02 Å². The number of aliphatic hydroxyl groups is 1. The molecule has 5 nitrogen and oxygen atoms in total. The third-order valence-corrected chi connectivity index (χ3v) is 1.63. The molecule has 0 heterocycles. The number of nitriles is 1. The lowest BCUT2D eigenvalue weighted by Gasteiger charge is -2.06. The van der Waals surface area contributed by atoms with Crippen LogP contribution in [0.4, 0.5) is 0 Å². The quantitative estimate of drug-likeness (QED) is 0.285. The fraction of sp³-hybridized carbons (Fsp3) is 0.222. The second-order valence-electron chi connectivity index (χ2n) is 2.73. The largest absolute Gasteiger partial charge is 0.523 e. The van der Waals surface area contributed by atoms with Crippen LogP contribution in [0.5, 0.6) is 0 Å². The molecule has 2 N–H and O–H groups in total. The summed E-state index contributed by atoms with van der Waals surface area (Å²) in [5, 5.41) is 26.5. The topological polar surface area (TPSA) is 82.7 Å². The molecule has 0 spiro atoms. The van der Waals surface area contributed by atoms with Crippen LogP contribution in [0.3, 0.4) is 0 Å². The molecule has 0 fully saturated rings. The molecule has 0 amide bonds. The summed E-state index contributed by atoms with van der Waals surface area (Å²) in [5.74, 6) is 0. The lowest BCUT2D eigenvalue weighted by atomic mass is 9.79. The maximum Gasteiger partial charge on any atom is 0.523 e. The summed E-state index contributed by atoms with van der Waals surface area (Å²) in [6.45, 7) is -0.208. The van der Waals surface area contributed by atoms with E-state index >= 15 is 0 Å². The Bertz CT molecular complexity index is 352. The van der Waals surface area contributed by atoms with Crippen LogP contribution >= 0.6 is 0 Å². The predicted molar refractivity (Wildman–Crippen MR) is 52.9 cm³/mol. The maximum atomic E-state index is 9.43. The Morgan fingerprint density at radius 1 is 1.47 bits per heavy atom. The van der Waals surface area contributed by atoms with Crippen molar-refractivity contribution < 1.29 is 19.8 Å². The molecular weight excluding hydrogens is 197 g/mol. The van der Waals surface area contributed by atoms with Crippen molar-refractivity contribution in [2.75, 3.05) is 13.2 Å². The van der Waals surface area contributed by atoms with Gasteiger partial charge in [0.05, 0.1) is 18.2 Å². The van der Waals surface area contributed by atoms with E-state index in [1.807, 2.05) is 6.07 Å². The van der Waals surface area contributed by atoms with Gasteiger partial charge in [-0.25, -0.2) is 4.89 Å². The van der Waals surface area contributed by atoms with Crippen LogP contribution in [-0.4, -0.2) is 30.5 Å². The third kappa shape index (κ3) is 3.69. The summed E-state index contributed by atoms with van der Waals surface area (Å²) >= 11 is 0. The lowest BCUT2D eigenvalue weighted by Crippen LogP contribution is -2.34. The highest BCUT2D eigenvalue weighted by atomic mass is 17.2. The average molecular weight is 207 g/mol. The Morgan fingerprint density at radius 2 is 2.27 bits per heavy atom. The monoisotopic (exact) mass is 207 g/mol. The van der Waals surface area contributed by atoms with Gasteiger partial charge in [0, 0.05) is 0 Å². The first-order chi connectivity index (χ1) is 7.27. The van der Waals surface area contributed by atoms with Gasteiger partial charge in [0.2, 0.25) is 0 Å². The van der Waals surface area contributed by atoms with Gasteiger partial charge >= 0.3 is 7.12 Å². The molecule has 0 atom stereocenters. The van der Waals surface area contributed by atoms with E-state index in [1.54, 1.807) is 18.2 Å². The van der Waals surface area contributed by atoms with Crippen LogP contribution in [0.1, 0.15) is 5.56 Å². The molecule has 6 heteroatoms. The SMILES string of the molecule is N#Cc1cccc(B(O)OOCCO)c1. The lowest BCUT2D eigenvalue weighted by molar-refractivity contribution is -0.225. The van der Waals surface area contributed by atoms with Crippen LogP contribution in [0, 0.1) is 11.3 Å². The molecule has 15 heavy (non-hydrogen) atoms. The summed E-state index contributed by atoms with van der Waals surface area (Å²) in [7, 11) is -1.26. The van der Waals surface area contributed by atoms with Crippen molar-refractivity contribution in [3.8, 4) is 6.07 Å². The normalized spacial score (nSPS) is 9.67. The maximum absolute atomic E-state index is 9.43. The molecule has 1 rings (SSSR count). The molecular formula is C9H10BNO4. The second kappa shape index (κ2) is 6.16. The van der Waals surface area contributed by atoms with Crippen LogP contribution in [0.2, 0.25) is 0 Å². The number of aliphatic hydroxyl groups excluding tert-OH is 1. The van der Waals surface area contributed by atoms with Gasteiger partial charge in [-0.3, -0.25) is 4.81 Å². The van der Waals surface area contributed by atoms with E-state index in [1.165, 1.54) is 6.07 Å². The minimum Gasteiger partial charge on any atom is -0.422 e. The molecule has 1 aromatic rings. The number of nitrogens with zero attached hydrogens (tertiary/aromatic N) is 1. The number of hydrogen-bond acceptors (Lipinski definition) is 5. The minimum atomic E-state index is -1.26. The molecule has 0 unspecified atom stereocenters.